The summed E-state index contributed by atoms with van der Waals surface area (Å²) in [6.45, 7) is 1.96. The van der Waals surface area contributed by atoms with Crippen molar-refractivity contribution in [1.29, 1.82) is 0 Å². The predicted molar refractivity (Wildman–Crippen MR) is 92.2 cm³/mol. The van der Waals surface area contributed by atoms with Crippen LogP contribution >= 0.6 is 0 Å². The minimum absolute atomic E-state index is 0.0437. The van der Waals surface area contributed by atoms with Gasteiger partial charge in [-0.2, -0.15) is 0 Å². The van der Waals surface area contributed by atoms with Crippen molar-refractivity contribution < 1.29 is 19.4 Å². The number of carbonyl (C=O) groups is 2. The van der Waals surface area contributed by atoms with Gasteiger partial charge in [-0.25, -0.2) is 4.79 Å². The molecule has 0 heterocycles. The van der Waals surface area contributed by atoms with E-state index in [4.69, 9.17) is 4.74 Å². The highest BCUT2D eigenvalue weighted by Crippen LogP contribution is 2.30. The van der Waals surface area contributed by atoms with Crippen molar-refractivity contribution >= 4 is 11.9 Å². The summed E-state index contributed by atoms with van der Waals surface area (Å²) in [7, 11) is 1.61. The molecule has 0 spiro atoms. The quantitative estimate of drug-likeness (QED) is 0.782. The molecule has 1 atom stereocenters. The number of hydrogen-bond acceptors (Lipinski definition) is 3. The standard InChI is InChI=1S/C19H27NO4/c1-14(15-9-5-6-10-16(15)24-2)13-17(21)20-19(18(22)23)11-7-3-4-8-12-19/h5-6,9-10,14H,3-4,7-8,11-13H2,1-2H3,(H,20,21)(H,22,23). The van der Waals surface area contributed by atoms with E-state index in [9.17, 15) is 14.7 Å². The second-order valence-corrected chi connectivity index (χ2v) is 6.70. The molecule has 0 bridgehead atoms. The molecular formula is C19H27NO4. The number of amides is 1. The van der Waals surface area contributed by atoms with Crippen LogP contribution in [0.15, 0.2) is 24.3 Å². The van der Waals surface area contributed by atoms with Gasteiger partial charge < -0.3 is 15.2 Å². The van der Waals surface area contributed by atoms with E-state index in [0.29, 0.717) is 12.8 Å². The van der Waals surface area contributed by atoms with Crippen LogP contribution in [0, 0.1) is 0 Å². The second-order valence-electron chi connectivity index (χ2n) is 6.70. The van der Waals surface area contributed by atoms with Crippen LogP contribution in [0.25, 0.3) is 0 Å². The monoisotopic (exact) mass is 333 g/mol. The van der Waals surface area contributed by atoms with Crippen LogP contribution < -0.4 is 10.1 Å². The number of carbonyl (C=O) groups excluding carboxylic acids is 1. The number of methoxy groups -OCH3 is 1. The lowest BCUT2D eigenvalue weighted by atomic mass is 9.89. The Hall–Kier alpha value is -2.04. The molecule has 1 aromatic rings. The molecule has 132 valence electrons. The number of carboxylic acid groups (broad SMARTS) is 1. The minimum Gasteiger partial charge on any atom is -0.496 e. The lowest BCUT2D eigenvalue weighted by Gasteiger charge is -2.30. The van der Waals surface area contributed by atoms with Gasteiger partial charge in [0.05, 0.1) is 7.11 Å². The Kier molecular flexibility index (Phi) is 6.23. The number of para-hydroxylation sites is 1. The molecule has 0 saturated heterocycles. The molecule has 1 aliphatic rings. The maximum atomic E-state index is 12.5. The van der Waals surface area contributed by atoms with Crippen molar-refractivity contribution in [2.45, 2.75) is 63.3 Å². The van der Waals surface area contributed by atoms with Crippen LogP contribution in [0.4, 0.5) is 0 Å². The zero-order valence-electron chi connectivity index (χ0n) is 14.5. The molecule has 5 nitrogen and oxygen atoms in total. The third-order valence-electron chi connectivity index (χ3n) is 4.91. The molecule has 1 amide bonds. The topological polar surface area (TPSA) is 75.6 Å². The smallest absolute Gasteiger partial charge is 0.329 e. The minimum atomic E-state index is -1.10. The van der Waals surface area contributed by atoms with Crippen LogP contribution in [0.1, 0.15) is 63.4 Å². The van der Waals surface area contributed by atoms with Crippen molar-refractivity contribution in [3.8, 4) is 5.75 Å². The van der Waals surface area contributed by atoms with E-state index in [-0.39, 0.29) is 18.2 Å². The summed E-state index contributed by atoms with van der Waals surface area (Å²) in [5.74, 6) is -0.418. The average molecular weight is 333 g/mol. The summed E-state index contributed by atoms with van der Waals surface area (Å²) in [6, 6.07) is 7.61. The lowest BCUT2D eigenvalue weighted by Crippen LogP contribution is -2.54. The van der Waals surface area contributed by atoms with Gasteiger partial charge in [0.15, 0.2) is 0 Å². The van der Waals surface area contributed by atoms with Crippen LogP contribution in [0.2, 0.25) is 0 Å². The first-order valence-electron chi connectivity index (χ1n) is 8.66. The van der Waals surface area contributed by atoms with E-state index < -0.39 is 11.5 Å². The summed E-state index contributed by atoms with van der Waals surface area (Å²) in [6.07, 6.45) is 5.01. The Morgan fingerprint density at radius 3 is 2.42 bits per heavy atom. The normalized spacial score (nSPS) is 18.2. The number of ether oxygens (including phenoxy) is 1. The van der Waals surface area contributed by atoms with E-state index in [1.54, 1.807) is 7.11 Å². The molecule has 2 N–H and O–H groups in total. The molecule has 0 radical (unpaired) electrons. The Balaban J connectivity index is 2.06. The molecule has 1 aromatic carbocycles. The Morgan fingerprint density at radius 1 is 1.21 bits per heavy atom. The van der Waals surface area contributed by atoms with Crippen molar-refractivity contribution in [3.63, 3.8) is 0 Å². The fourth-order valence-corrected chi connectivity index (χ4v) is 3.50. The van der Waals surface area contributed by atoms with Crippen LogP contribution in [-0.4, -0.2) is 29.6 Å². The summed E-state index contributed by atoms with van der Waals surface area (Å²) >= 11 is 0. The van der Waals surface area contributed by atoms with Gasteiger partial charge in [0.1, 0.15) is 11.3 Å². The highest BCUT2D eigenvalue weighted by molar-refractivity contribution is 5.87. The maximum absolute atomic E-state index is 12.5. The van der Waals surface area contributed by atoms with Gasteiger partial charge in [0.25, 0.3) is 0 Å². The predicted octanol–water partition coefficient (Wildman–Crippen LogP) is 3.48. The van der Waals surface area contributed by atoms with Gasteiger partial charge in [0, 0.05) is 6.42 Å². The molecule has 1 saturated carbocycles. The van der Waals surface area contributed by atoms with E-state index in [0.717, 1.165) is 37.0 Å². The highest BCUT2D eigenvalue weighted by Gasteiger charge is 2.40. The van der Waals surface area contributed by atoms with Crippen LogP contribution in [-0.2, 0) is 9.59 Å². The van der Waals surface area contributed by atoms with Crippen molar-refractivity contribution in [1.82, 2.24) is 5.32 Å². The summed E-state index contributed by atoms with van der Waals surface area (Å²) in [5, 5.41) is 12.5. The number of rotatable bonds is 6. The molecule has 5 heteroatoms. The van der Waals surface area contributed by atoms with Gasteiger partial charge in [0.2, 0.25) is 5.91 Å². The van der Waals surface area contributed by atoms with Gasteiger partial charge >= 0.3 is 5.97 Å². The van der Waals surface area contributed by atoms with Crippen molar-refractivity contribution in [2.24, 2.45) is 0 Å². The highest BCUT2D eigenvalue weighted by atomic mass is 16.5. The number of hydrogen-bond donors (Lipinski definition) is 2. The Morgan fingerprint density at radius 2 is 1.83 bits per heavy atom. The molecule has 0 aliphatic heterocycles. The summed E-state index contributed by atoms with van der Waals surface area (Å²) in [4.78, 5) is 24.3. The number of nitrogens with one attached hydrogen (secondary N) is 1. The number of benzene rings is 1. The Bertz CT molecular complexity index is 576. The van der Waals surface area contributed by atoms with Gasteiger partial charge in [-0.3, -0.25) is 4.79 Å². The second kappa shape index (κ2) is 8.18. The SMILES string of the molecule is COc1ccccc1C(C)CC(=O)NC1(C(=O)O)CCCCCC1. The fourth-order valence-electron chi connectivity index (χ4n) is 3.50. The first-order chi connectivity index (χ1) is 11.5. The largest absolute Gasteiger partial charge is 0.496 e. The van der Waals surface area contributed by atoms with Gasteiger partial charge in [-0.05, 0) is 30.4 Å². The molecule has 2 rings (SSSR count). The molecule has 1 fully saturated rings. The number of aliphatic carboxylic acids is 1. The fraction of sp³-hybridized carbons (Fsp3) is 0.579. The molecule has 1 aliphatic carbocycles. The zero-order chi connectivity index (χ0) is 17.6. The molecule has 24 heavy (non-hydrogen) atoms. The summed E-state index contributed by atoms with van der Waals surface area (Å²) in [5.41, 5.74) is -0.144. The van der Waals surface area contributed by atoms with E-state index in [1.807, 2.05) is 31.2 Å². The summed E-state index contributed by atoms with van der Waals surface area (Å²) < 4.78 is 5.35. The lowest BCUT2D eigenvalue weighted by molar-refractivity contribution is -0.148. The van der Waals surface area contributed by atoms with E-state index >= 15 is 0 Å². The first-order valence-corrected chi connectivity index (χ1v) is 8.66. The van der Waals surface area contributed by atoms with E-state index in [1.165, 1.54) is 0 Å². The van der Waals surface area contributed by atoms with Crippen LogP contribution in [0.5, 0.6) is 5.75 Å². The molecule has 1 unspecified atom stereocenters. The Labute approximate surface area is 143 Å². The van der Waals surface area contributed by atoms with Gasteiger partial charge in [-0.15, -0.1) is 0 Å². The van der Waals surface area contributed by atoms with Crippen molar-refractivity contribution in [3.05, 3.63) is 29.8 Å². The van der Waals surface area contributed by atoms with E-state index in [2.05, 4.69) is 5.32 Å². The molecule has 0 aromatic heterocycles. The molecular weight excluding hydrogens is 306 g/mol. The van der Waals surface area contributed by atoms with Crippen molar-refractivity contribution in [2.75, 3.05) is 7.11 Å². The van der Waals surface area contributed by atoms with Crippen LogP contribution in [0.3, 0.4) is 0 Å². The van der Waals surface area contributed by atoms with Gasteiger partial charge in [-0.1, -0.05) is 50.8 Å². The average Bonchev–Trinajstić information content (AvgIpc) is 2.81. The third-order valence-corrected chi connectivity index (χ3v) is 4.91. The maximum Gasteiger partial charge on any atom is 0.329 e. The third kappa shape index (κ3) is 4.28. The zero-order valence-corrected chi connectivity index (χ0v) is 14.5. The first kappa shape index (κ1) is 18.3. The number of carboxylic acids is 1.